The van der Waals surface area contributed by atoms with Gasteiger partial charge in [-0.1, -0.05) is 12.5 Å². The summed E-state index contributed by atoms with van der Waals surface area (Å²) in [6.45, 7) is 0. The van der Waals surface area contributed by atoms with Gasteiger partial charge in [-0.05, 0) is 6.42 Å². The molecule has 0 aromatic carbocycles. The second kappa shape index (κ2) is 1.58. The van der Waals surface area contributed by atoms with Gasteiger partial charge in [-0.2, -0.15) is 0 Å². The van der Waals surface area contributed by atoms with E-state index in [1.807, 2.05) is 0 Å². The molecule has 0 saturated carbocycles. The van der Waals surface area contributed by atoms with Crippen molar-refractivity contribution in [3.63, 3.8) is 0 Å². The van der Waals surface area contributed by atoms with Crippen LogP contribution < -0.4 is 0 Å². The molecule has 1 saturated heterocycles. The number of aliphatic hydroxyl groups is 2. The van der Waals surface area contributed by atoms with Gasteiger partial charge >= 0.3 is 0 Å². The second-order valence-electron chi connectivity index (χ2n) is 2.19. The van der Waals surface area contributed by atoms with Crippen molar-refractivity contribution >= 4 is 9.52 Å². The molecule has 0 atom stereocenters. The lowest BCUT2D eigenvalue weighted by atomic mass is 10.3. The molecule has 0 aromatic heterocycles. The molecule has 0 aromatic rings. The first-order chi connectivity index (χ1) is 3.21. The third-order valence-electron chi connectivity index (χ3n) is 1.40. The van der Waals surface area contributed by atoms with Crippen molar-refractivity contribution in [2.45, 2.75) is 24.3 Å². The first-order valence-corrected chi connectivity index (χ1v) is 4.36. The molecule has 1 fully saturated rings. The summed E-state index contributed by atoms with van der Waals surface area (Å²) in [5.41, 5.74) is -1.17. The van der Waals surface area contributed by atoms with E-state index in [0.717, 1.165) is 12.5 Å². The molecule has 3 heteroatoms. The predicted octanol–water partition coefficient (Wildman–Crippen LogP) is -0.994. The van der Waals surface area contributed by atoms with E-state index in [0.29, 0.717) is 6.42 Å². The Morgan fingerprint density at radius 2 is 2.14 bits per heavy atom. The first kappa shape index (κ1) is 5.28. The predicted molar refractivity (Wildman–Crippen MR) is 29.8 cm³/mol. The molecular formula is C4H10O2Si. The van der Waals surface area contributed by atoms with Gasteiger partial charge < -0.3 is 10.2 Å². The van der Waals surface area contributed by atoms with Crippen LogP contribution in [-0.2, 0) is 0 Å². The van der Waals surface area contributed by atoms with Crippen molar-refractivity contribution in [1.82, 2.24) is 0 Å². The summed E-state index contributed by atoms with van der Waals surface area (Å²) in [5.74, 6) is 0. The Hall–Kier alpha value is 0.137. The van der Waals surface area contributed by atoms with Gasteiger partial charge in [0, 0.05) is 0 Å². The molecule has 0 amide bonds. The smallest absolute Gasteiger partial charge is 0.138 e. The van der Waals surface area contributed by atoms with Gasteiger partial charge in [-0.15, -0.1) is 0 Å². The molecule has 2 nitrogen and oxygen atoms in total. The fourth-order valence-electron chi connectivity index (χ4n) is 0.941. The third-order valence-corrected chi connectivity index (χ3v) is 3.41. The maximum absolute atomic E-state index is 8.81. The van der Waals surface area contributed by atoms with Gasteiger partial charge in [0.05, 0.1) is 9.52 Å². The van der Waals surface area contributed by atoms with E-state index in [-0.39, 0.29) is 0 Å². The van der Waals surface area contributed by atoms with Crippen molar-refractivity contribution in [2.75, 3.05) is 0 Å². The fraction of sp³-hybridized carbons (Fsp3) is 1.00. The minimum atomic E-state index is -1.17. The highest BCUT2D eigenvalue weighted by Gasteiger charge is 2.27. The largest absolute Gasteiger partial charge is 0.370 e. The summed E-state index contributed by atoms with van der Waals surface area (Å²) in [6.07, 6.45) is 1.65. The zero-order chi connectivity index (χ0) is 5.33. The van der Waals surface area contributed by atoms with E-state index in [2.05, 4.69) is 0 Å². The molecule has 42 valence electrons. The lowest BCUT2D eigenvalue weighted by molar-refractivity contribution is -0.0865. The van der Waals surface area contributed by atoms with Crippen LogP contribution in [0.4, 0.5) is 0 Å². The minimum absolute atomic E-state index is 0.518. The van der Waals surface area contributed by atoms with Crippen molar-refractivity contribution in [3.8, 4) is 0 Å². The maximum atomic E-state index is 8.81. The minimum Gasteiger partial charge on any atom is -0.370 e. The van der Waals surface area contributed by atoms with Crippen LogP contribution in [0, 0.1) is 0 Å². The van der Waals surface area contributed by atoms with Crippen LogP contribution in [0.2, 0.25) is 6.04 Å². The van der Waals surface area contributed by atoms with Crippen LogP contribution in [0.25, 0.3) is 0 Å². The molecule has 0 bridgehead atoms. The average Bonchev–Trinajstić information content (AvgIpc) is 1.84. The highest BCUT2D eigenvalue weighted by molar-refractivity contribution is 6.39. The molecular weight excluding hydrogens is 108 g/mol. The first-order valence-electron chi connectivity index (χ1n) is 2.65. The highest BCUT2D eigenvalue weighted by atomic mass is 28.2. The van der Waals surface area contributed by atoms with Crippen LogP contribution >= 0.6 is 0 Å². The molecule has 0 spiro atoms. The quantitative estimate of drug-likeness (QED) is 0.316. The number of rotatable bonds is 0. The van der Waals surface area contributed by atoms with Crippen molar-refractivity contribution < 1.29 is 10.2 Å². The van der Waals surface area contributed by atoms with Crippen molar-refractivity contribution in [2.24, 2.45) is 0 Å². The molecule has 1 heterocycles. The lowest BCUT2D eigenvalue weighted by Crippen LogP contribution is -2.29. The molecule has 1 rings (SSSR count). The molecule has 2 N–H and O–H groups in total. The van der Waals surface area contributed by atoms with Gasteiger partial charge in [-0.25, -0.2) is 0 Å². The van der Waals surface area contributed by atoms with Crippen molar-refractivity contribution in [3.05, 3.63) is 0 Å². The van der Waals surface area contributed by atoms with Crippen LogP contribution in [0.5, 0.6) is 0 Å². The fourth-order valence-corrected chi connectivity index (χ4v) is 2.51. The highest BCUT2D eigenvalue weighted by Crippen LogP contribution is 2.18. The SMILES string of the molecule is OC1(O)CCC[SiH2]1. The molecule has 0 unspecified atom stereocenters. The molecule has 1 aliphatic heterocycles. The number of hydrogen-bond acceptors (Lipinski definition) is 2. The summed E-state index contributed by atoms with van der Waals surface area (Å²) >= 11 is 0. The Balaban J connectivity index is 2.40. The summed E-state index contributed by atoms with van der Waals surface area (Å²) in [6, 6.07) is 1.10. The standard InChI is InChI=1S/C4H10O2Si/c5-4(6)2-1-3-7-4/h5-6H,1-3,7H2. The van der Waals surface area contributed by atoms with Crippen LogP contribution in [0.3, 0.4) is 0 Å². The average molecular weight is 118 g/mol. The Morgan fingerprint density at radius 3 is 2.29 bits per heavy atom. The zero-order valence-electron chi connectivity index (χ0n) is 4.22. The van der Waals surface area contributed by atoms with Crippen LogP contribution in [0.1, 0.15) is 12.8 Å². The van der Waals surface area contributed by atoms with Gasteiger partial charge in [0.25, 0.3) is 0 Å². The Morgan fingerprint density at radius 1 is 1.43 bits per heavy atom. The summed E-state index contributed by atoms with van der Waals surface area (Å²) in [4.78, 5) is 0. The second-order valence-corrected chi connectivity index (χ2v) is 4.53. The molecule has 1 aliphatic rings. The monoisotopic (exact) mass is 118 g/mol. The molecule has 7 heavy (non-hydrogen) atoms. The van der Waals surface area contributed by atoms with Crippen LogP contribution in [-0.4, -0.2) is 25.1 Å². The van der Waals surface area contributed by atoms with Gasteiger partial charge in [0.2, 0.25) is 0 Å². The van der Waals surface area contributed by atoms with E-state index in [4.69, 9.17) is 10.2 Å². The number of hydrogen-bond donors (Lipinski definition) is 2. The van der Waals surface area contributed by atoms with E-state index in [1.165, 1.54) is 0 Å². The van der Waals surface area contributed by atoms with E-state index >= 15 is 0 Å². The summed E-state index contributed by atoms with van der Waals surface area (Å²) in [5, 5.41) is 17.6. The Kier molecular flexibility index (Phi) is 1.19. The van der Waals surface area contributed by atoms with E-state index in [9.17, 15) is 0 Å². The lowest BCUT2D eigenvalue weighted by Gasteiger charge is -2.11. The van der Waals surface area contributed by atoms with Crippen molar-refractivity contribution in [1.29, 1.82) is 0 Å². The normalized spacial score (nSPS) is 31.7. The summed E-state index contributed by atoms with van der Waals surface area (Å²) in [7, 11) is -0.518. The van der Waals surface area contributed by atoms with Crippen LogP contribution in [0.15, 0.2) is 0 Å². The zero-order valence-corrected chi connectivity index (χ0v) is 5.64. The Bertz CT molecular complexity index is 64.1. The molecule has 0 radical (unpaired) electrons. The van der Waals surface area contributed by atoms with Gasteiger partial charge in [-0.3, -0.25) is 0 Å². The van der Waals surface area contributed by atoms with Gasteiger partial charge in [0.1, 0.15) is 5.41 Å². The third kappa shape index (κ3) is 1.26. The maximum Gasteiger partial charge on any atom is 0.138 e. The summed E-state index contributed by atoms with van der Waals surface area (Å²) < 4.78 is 0. The van der Waals surface area contributed by atoms with E-state index < -0.39 is 14.9 Å². The van der Waals surface area contributed by atoms with Gasteiger partial charge in [0.15, 0.2) is 0 Å². The Labute approximate surface area is 45.0 Å². The topological polar surface area (TPSA) is 40.5 Å². The molecule has 0 aliphatic carbocycles. The van der Waals surface area contributed by atoms with E-state index in [1.54, 1.807) is 0 Å².